The number of nitriles is 1. The summed E-state index contributed by atoms with van der Waals surface area (Å²) in [4.78, 5) is 26.1. The summed E-state index contributed by atoms with van der Waals surface area (Å²) in [6.07, 6.45) is -3.98. The maximum absolute atomic E-state index is 13.0. The maximum atomic E-state index is 13.0. The van der Waals surface area contributed by atoms with Gasteiger partial charge in [0.25, 0.3) is 5.56 Å². The molecule has 1 atom stereocenters. The van der Waals surface area contributed by atoms with Crippen molar-refractivity contribution in [1.29, 1.82) is 5.26 Å². The lowest BCUT2D eigenvalue weighted by atomic mass is 10.0. The summed E-state index contributed by atoms with van der Waals surface area (Å²) < 4.78 is 48.8. The van der Waals surface area contributed by atoms with Crippen LogP contribution in [0.3, 0.4) is 0 Å². The zero-order valence-corrected chi connectivity index (χ0v) is 20.4. The molecule has 1 aliphatic heterocycles. The topological polar surface area (TPSA) is 84.6 Å². The molecule has 1 fully saturated rings. The van der Waals surface area contributed by atoms with Crippen molar-refractivity contribution in [3.8, 4) is 17.6 Å². The van der Waals surface area contributed by atoms with Crippen LogP contribution in [0.1, 0.15) is 18.4 Å². The van der Waals surface area contributed by atoms with E-state index in [2.05, 4.69) is 4.74 Å². The minimum Gasteiger partial charge on any atom is -0.490 e. The van der Waals surface area contributed by atoms with E-state index >= 15 is 0 Å². The lowest BCUT2D eigenvalue weighted by Gasteiger charge is -2.35. The summed E-state index contributed by atoms with van der Waals surface area (Å²) in [7, 11) is 0.463. The SMILES string of the molecule is Cn1c(=O)c(C#N)c(N2CCC(Oc3cccc(OC(F)(F)F)c3)CC2)c2ccc([P+](C)=C=O)cc21. The number of halogens is 3. The first-order chi connectivity index (χ1) is 17.1. The number of ether oxygens (including phenoxy) is 2. The smallest absolute Gasteiger partial charge is 0.490 e. The van der Waals surface area contributed by atoms with Crippen molar-refractivity contribution < 1.29 is 27.4 Å². The highest BCUT2D eigenvalue weighted by Gasteiger charge is 2.31. The Balaban J connectivity index is 1.59. The molecule has 36 heavy (non-hydrogen) atoms. The molecule has 2 heterocycles. The zero-order chi connectivity index (χ0) is 26.0. The molecule has 1 aromatic heterocycles. The molecule has 4 rings (SSSR count). The van der Waals surface area contributed by atoms with Gasteiger partial charge in [0.05, 0.1) is 11.2 Å². The third-order valence-corrected chi connectivity index (χ3v) is 7.42. The van der Waals surface area contributed by atoms with E-state index in [9.17, 15) is 28.0 Å². The molecular formula is C25H22F3N3O4P+. The highest BCUT2D eigenvalue weighted by atomic mass is 31.1. The quantitative estimate of drug-likeness (QED) is 0.474. The Kier molecular flexibility index (Phi) is 7.07. The third-order valence-electron chi connectivity index (χ3n) is 6.09. The lowest BCUT2D eigenvalue weighted by molar-refractivity contribution is -0.274. The molecule has 186 valence electrons. The van der Waals surface area contributed by atoms with Crippen LogP contribution in [0.15, 0.2) is 47.3 Å². The summed E-state index contributed by atoms with van der Waals surface area (Å²) in [5.41, 5.74) is 2.78. The number of fused-ring (bicyclic) bond motifs is 1. The largest absolute Gasteiger partial charge is 0.573 e. The molecule has 7 nitrogen and oxygen atoms in total. The number of anilines is 1. The monoisotopic (exact) mass is 516 g/mol. The summed E-state index contributed by atoms with van der Waals surface area (Å²) >= 11 is 0. The second-order valence-corrected chi connectivity index (χ2v) is 10.2. The summed E-state index contributed by atoms with van der Waals surface area (Å²) in [5, 5.41) is 11.3. The molecule has 3 aromatic rings. The number of hydrogen-bond donors (Lipinski definition) is 0. The summed E-state index contributed by atoms with van der Waals surface area (Å²) in [5.74, 6) is -0.0903. The van der Waals surface area contributed by atoms with Crippen molar-refractivity contribution in [1.82, 2.24) is 4.57 Å². The van der Waals surface area contributed by atoms with Gasteiger partial charge in [-0.15, -0.1) is 13.2 Å². The fourth-order valence-corrected chi connectivity index (χ4v) is 5.06. The predicted molar refractivity (Wildman–Crippen MR) is 131 cm³/mol. The van der Waals surface area contributed by atoms with E-state index in [0.717, 1.165) is 10.7 Å². The van der Waals surface area contributed by atoms with Gasteiger partial charge < -0.3 is 18.9 Å². The van der Waals surface area contributed by atoms with Crippen LogP contribution in [0.25, 0.3) is 10.9 Å². The van der Waals surface area contributed by atoms with Crippen LogP contribution < -0.4 is 25.2 Å². The molecule has 0 N–H and O–H groups in total. The number of pyridine rings is 1. The molecule has 0 amide bonds. The van der Waals surface area contributed by atoms with Gasteiger partial charge in [-0.2, -0.15) is 10.1 Å². The average Bonchev–Trinajstić information content (AvgIpc) is 2.85. The number of nitrogens with zero attached hydrogens (tertiary/aromatic N) is 3. The van der Waals surface area contributed by atoms with Crippen LogP contribution in [0.4, 0.5) is 18.9 Å². The van der Waals surface area contributed by atoms with Crippen molar-refractivity contribution in [2.75, 3.05) is 24.7 Å². The van der Waals surface area contributed by atoms with Gasteiger partial charge in [-0.3, -0.25) is 4.79 Å². The number of aromatic nitrogens is 1. The Morgan fingerprint density at radius 2 is 1.81 bits per heavy atom. The maximum Gasteiger partial charge on any atom is 0.573 e. The van der Waals surface area contributed by atoms with E-state index in [0.29, 0.717) is 37.1 Å². The van der Waals surface area contributed by atoms with Crippen LogP contribution in [0.2, 0.25) is 0 Å². The van der Waals surface area contributed by atoms with Crippen molar-refractivity contribution in [3.05, 3.63) is 58.4 Å². The normalized spacial score (nSPS) is 14.8. The first-order valence-electron chi connectivity index (χ1n) is 11.1. The number of hydrogen-bond acceptors (Lipinski definition) is 6. The van der Waals surface area contributed by atoms with Gasteiger partial charge >= 0.3 is 12.0 Å². The van der Waals surface area contributed by atoms with Crippen molar-refractivity contribution >= 4 is 35.1 Å². The second kappa shape index (κ2) is 10.1. The number of rotatable bonds is 5. The summed E-state index contributed by atoms with van der Waals surface area (Å²) in [6.45, 7) is 2.73. The second-order valence-electron chi connectivity index (χ2n) is 8.38. The molecule has 0 saturated carbocycles. The molecule has 0 aliphatic carbocycles. The van der Waals surface area contributed by atoms with Gasteiger partial charge in [0, 0.05) is 50.5 Å². The van der Waals surface area contributed by atoms with Crippen LogP contribution in [-0.2, 0) is 11.8 Å². The third kappa shape index (κ3) is 5.23. The number of alkyl halides is 3. The van der Waals surface area contributed by atoms with Gasteiger partial charge in [0.1, 0.15) is 35.9 Å². The Bertz CT molecular complexity index is 1460. The van der Waals surface area contributed by atoms with Crippen LogP contribution in [0.5, 0.6) is 11.5 Å². The number of aryl methyl sites for hydroxylation is 1. The molecule has 1 aliphatic rings. The minimum atomic E-state index is -4.79. The van der Waals surface area contributed by atoms with Gasteiger partial charge in [-0.05, 0) is 24.3 Å². The van der Waals surface area contributed by atoms with Crippen molar-refractivity contribution in [2.24, 2.45) is 7.05 Å². The van der Waals surface area contributed by atoms with E-state index < -0.39 is 19.5 Å². The molecule has 0 radical (unpaired) electrons. The highest BCUT2D eigenvalue weighted by Crippen LogP contribution is 2.33. The van der Waals surface area contributed by atoms with Crippen LogP contribution in [0, 0.1) is 11.3 Å². The minimum absolute atomic E-state index is 0.0369. The average molecular weight is 516 g/mol. The van der Waals surface area contributed by atoms with Crippen LogP contribution in [-0.4, -0.2) is 42.4 Å². The number of carbonyl (C=O) groups excluding carboxylic acids is 1. The fraction of sp³-hybridized carbons (Fsp3) is 0.320. The Morgan fingerprint density at radius 1 is 1.11 bits per heavy atom. The Morgan fingerprint density at radius 3 is 2.44 bits per heavy atom. The first kappa shape index (κ1) is 25.3. The summed E-state index contributed by atoms with van der Waals surface area (Å²) in [6, 6.07) is 12.9. The van der Waals surface area contributed by atoms with E-state index in [1.165, 1.54) is 22.8 Å². The molecule has 1 unspecified atom stereocenters. The Hall–Kier alpha value is -3.79. The molecular weight excluding hydrogens is 494 g/mol. The highest BCUT2D eigenvalue weighted by molar-refractivity contribution is 7.63. The van der Waals surface area contributed by atoms with E-state index in [4.69, 9.17) is 4.74 Å². The van der Waals surface area contributed by atoms with Gasteiger partial charge in [-0.1, -0.05) is 6.07 Å². The Labute approximate surface area is 205 Å². The molecule has 11 heteroatoms. The van der Waals surface area contributed by atoms with Gasteiger partial charge in [-0.25, -0.2) is 0 Å². The van der Waals surface area contributed by atoms with Crippen molar-refractivity contribution in [3.63, 3.8) is 0 Å². The molecule has 2 aromatic carbocycles. The van der Waals surface area contributed by atoms with E-state index in [-0.39, 0.29) is 23.2 Å². The van der Waals surface area contributed by atoms with E-state index in [1.54, 1.807) is 25.8 Å². The standard InChI is InChI=1S/C25H22F3N3O4P/c1-30-22-13-19(36(2)15-32)6-7-20(22)23(21(14-29)24(30)33)31-10-8-16(9-11-31)34-17-4-3-5-18(12-17)35-25(26,27)28/h3-7,12-13,16H,8-11H2,1-2H3/q+1. The first-order valence-corrected chi connectivity index (χ1v) is 12.9. The fourth-order valence-electron chi connectivity index (χ4n) is 4.34. The van der Waals surface area contributed by atoms with E-state index in [1.807, 2.05) is 28.8 Å². The van der Waals surface area contributed by atoms with Gasteiger partial charge in [0.2, 0.25) is 7.55 Å². The number of piperidine rings is 1. The predicted octanol–water partition coefficient (Wildman–Crippen LogP) is 4.16. The van der Waals surface area contributed by atoms with Crippen molar-refractivity contribution in [2.45, 2.75) is 25.3 Å². The number of benzene rings is 2. The van der Waals surface area contributed by atoms with Gasteiger partial charge in [0.15, 0.2) is 5.30 Å². The van der Waals surface area contributed by atoms with Crippen LogP contribution >= 0.6 is 7.55 Å². The molecule has 0 spiro atoms. The zero-order valence-electron chi connectivity index (χ0n) is 19.5. The molecule has 1 saturated heterocycles. The lowest BCUT2D eigenvalue weighted by Crippen LogP contribution is -2.40. The molecule has 0 bridgehead atoms.